The Kier molecular flexibility index (Phi) is 5.32. The zero-order chi connectivity index (χ0) is 18.1. The average Bonchev–Trinajstić information content (AvgIpc) is 3.09. The number of rotatable bonds is 4. The van der Waals surface area contributed by atoms with Crippen LogP contribution in [0.15, 0.2) is 24.4 Å². The molecule has 0 spiro atoms. The number of hydrogen-bond acceptors (Lipinski definition) is 4. The van der Waals surface area contributed by atoms with Crippen molar-refractivity contribution < 1.29 is 10.2 Å². The van der Waals surface area contributed by atoms with Gasteiger partial charge in [-0.25, -0.2) is 0 Å². The third-order valence-electron chi connectivity index (χ3n) is 6.55. The zero-order valence-electron chi connectivity index (χ0n) is 15.6. The molecule has 4 rings (SSSR count). The first-order valence-electron chi connectivity index (χ1n) is 9.99. The first-order chi connectivity index (χ1) is 12.7. The predicted molar refractivity (Wildman–Crippen MR) is 104 cm³/mol. The van der Waals surface area contributed by atoms with Crippen molar-refractivity contribution in [1.82, 2.24) is 15.2 Å². The highest BCUT2D eigenvalue weighted by Crippen LogP contribution is 2.35. The number of nitrogens with one attached hydrogen (secondary N) is 2. The first kappa shape index (κ1) is 18.0. The SMILES string of the molecule is Cc1cccc2c(C3CCN(C(CO)C4CCNCC4)CC3O)c[nH]c12. The quantitative estimate of drug-likeness (QED) is 0.675. The minimum atomic E-state index is -0.390. The molecule has 1 aromatic heterocycles. The highest BCUT2D eigenvalue weighted by atomic mass is 16.3. The second-order valence-corrected chi connectivity index (χ2v) is 8.04. The van der Waals surface area contributed by atoms with E-state index in [1.165, 1.54) is 22.0 Å². The maximum atomic E-state index is 10.9. The maximum Gasteiger partial charge on any atom is 0.0736 e. The minimum Gasteiger partial charge on any atom is -0.395 e. The Hall–Kier alpha value is -1.40. The summed E-state index contributed by atoms with van der Waals surface area (Å²) >= 11 is 0. The van der Waals surface area contributed by atoms with Gasteiger partial charge in [-0.05, 0) is 62.9 Å². The molecule has 0 aliphatic carbocycles. The van der Waals surface area contributed by atoms with E-state index >= 15 is 0 Å². The predicted octanol–water partition coefficient (Wildman–Crippen LogP) is 1.99. The molecule has 0 bridgehead atoms. The largest absolute Gasteiger partial charge is 0.395 e. The number of nitrogens with zero attached hydrogens (tertiary/aromatic N) is 1. The number of aliphatic hydroxyl groups excluding tert-OH is 2. The molecule has 3 atom stereocenters. The number of likely N-dealkylation sites (tertiary alicyclic amines) is 1. The van der Waals surface area contributed by atoms with Crippen molar-refractivity contribution in [2.75, 3.05) is 32.8 Å². The van der Waals surface area contributed by atoms with Gasteiger partial charge in [0.05, 0.1) is 12.7 Å². The lowest BCUT2D eigenvalue weighted by molar-refractivity contribution is -0.00771. The lowest BCUT2D eigenvalue weighted by Crippen LogP contribution is -2.53. The average molecular weight is 357 g/mol. The van der Waals surface area contributed by atoms with Crippen LogP contribution in [0.2, 0.25) is 0 Å². The number of fused-ring (bicyclic) bond motifs is 1. The van der Waals surface area contributed by atoms with Crippen molar-refractivity contribution in [2.45, 2.75) is 44.2 Å². The number of β-amino-alcohol motifs (C(OH)–C–C–N with tert-alkyl or cyclic N) is 1. The van der Waals surface area contributed by atoms with Crippen LogP contribution in [0.25, 0.3) is 10.9 Å². The molecule has 26 heavy (non-hydrogen) atoms. The molecular weight excluding hydrogens is 326 g/mol. The Labute approximate surface area is 155 Å². The van der Waals surface area contributed by atoms with Crippen molar-refractivity contribution in [3.8, 4) is 0 Å². The lowest BCUT2D eigenvalue weighted by atomic mass is 9.83. The van der Waals surface area contributed by atoms with Crippen LogP contribution in [0.1, 0.15) is 36.3 Å². The Bertz CT molecular complexity index is 738. The van der Waals surface area contributed by atoms with Crippen LogP contribution in [0.3, 0.4) is 0 Å². The molecule has 0 amide bonds. The van der Waals surface area contributed by atoms with Crippen LogP contribution in [-0.4, -0.2) is 65.0 Å². The van der Waals surface area contributed by atoms with E-state index in [9.17, 15) is 10.2 Å². The molecule has 0 radical (unpaired) electrons. The van der Waals surface area contributed by atoms with Crippen molar-refractivity contribution in [1.29, 1.82) is 0 Å². The van der Waals surface area contributed by atoms with E-state index in [4.69, 9.17) is 0 Å². The summed E-state index contributed by atoms with van der Waals surface area (Å²) in [5.41, 5.74) is 3.66. The summed E-state index contributed by atoms with van der Waals surface area (Å²) < 4.78 is 0. The third kappa shape index (κ3) is 3.29. The van der Waals surface area contributed by atoms with Crippen LogP contribution in [0.4, 0.5) is 0 Å². The van der Waals surface area contributed by atoms with E-state index in [0.717, 1.165) is 38.9 Å². The summed E-state index contributed by atoms with van der Waals surface area (Å²) in [6, 6.07) is 6.54. The Morgan fingerprint density at radius 1 is 1.23 bits per heavy atom. The second-order valence-electron chi connectivity index (χ2n) is 8.04. The molecule has 3 heterocycles. The molecule has 0 saturated carbocycles. The molecule has 2 aliphatic heterocycles. The molecule has 1 aromatic carbocycles. The summed E-state index contributed by atoms with van der Waals surface area (Å²) in [7, 11) is 0. The summed E-state index contributed by atoms with van der Waals surface area (Å²) in [5.74, 6) is 0.690. The fourth-order valence-electron chi connectivity index (χ4n) is 5.05. The molecule has 3 unspecified atom stereocenters. The minimum absolute atomic E-state index is 0.161. The first-order valence-corrected chi connectivity index (χ1v) is 9.99. The summed E-state index contributed by atoms with van der Waals surface area (Å²) in [4.78, 5) is 5.73. The summed E-state index contributed by atoms with van der Waals surface area (Å²) in [5, 5.41) is 25.6. The van der Waals surface area contributed by atoms with E-state index in [-0.39, 0.29) is 24.7 Å². The van der Waals surface area contributed by atoms with Gasteiger partial charge in [0.15, 0.2) is 0 Å². The van der Waals surface area contributed by atoms with E-state index in [0.29, 0.717) is 12.5 Å². The van der Waals surface area contributed by atoms with Gasteiger partial charge >= 0.3 is 0 Å². The van der Waals surface area contributed by atoms with Gasteiger partial charge in [-0.15, -0.1) is 0 Å². The van der Waals surface area contributed by atoms with Crippen LogP contribution in [0, 0.1) is 12.8 Å². The number of para-hydroxylation sites is 1. The molecule has 2 saturated heterocycles. The van der Waals surface area contributed by atoms with Crippen LogP contribution < -0.4 is 5.32 Å². The van der Waals surface area contributed by atoms with Gasteiger partial charge in [0.2, 0.25) is 0 Å². The summed E-state index contributed by atoms with van der Waals surface area (Å²) in [6.07, 6.45) is 4.85. The molecule has 5 heteroatoms. The molecule has 2 aromatic rings. The standard InChI is InChI=1S/C21H31N3O2/c1-14-3-2-4-17-18(11-23-21(14)17)16-7-10-24(12-20(16)26)19(13-25)15-5-8-22-9-6-15/h2-4,11,15-16,19-20,22-23,25-26H,5-10,12-13H2,1H3. The smallest absolute Gasteiger partial charge is 0.0736 e. The third-order valence-corrected chi connectivity index (χ3v) is 6.55. The number of hydrogen-bond donors (Lipinski definition) is 4. The maximum absolute atomic E-state index is 10.9. The lowest BCUT2D eigenvalue weighted by Gasteiger charge is -2.43. The highest BCUT2D eigenvalue weighted by molar-refractivity contribution is 5.86. The number of aromatic amines is 1. The molecular formula is C21H31N3O2. The van der Waals surface area contributed by atoms with Gasteiger partial charge in [-0.1, -0.05) is 18.2 Å². The van der Waals surface area contributed by atoms with Crippen LogP contribution in [0.5, 0.6) is 0 Å². The Morgan fingerprint density at radius 3 is 2.77 bits per heavy atom. The fraction of sp³-hybridized carbons (Fsp3) is 0.619. The van der Waals surface area contributed by atoms with E-state index in [1.807, 2.05) is 0 Å². The van der Waals surface area contributed by atoms with Crippen LogP contribution in [-0.2, 0) is 0 Å². The zero-order valence-corrected chi connectivity index (χ0v) is 15.6. The number of aromatic nitrogens is 1. The van der Waals surface area contributed by atoms with Crippen LogP contribution >= 0.6 is 0 Å². The second kappa shape index (κ2) is 7.69. The molecule has 4 N–H and O–H groups in total. The van der Waals surface area contributed by atoms with E-state index in [2.05, 4.69) is 46.5 Å². The molecule has 2 aliphatic rings. The van der Waals surface area contributed by atoms with Gasteiger partial charge in [0.1, 0.15) is 0 Å². The normalized spacial score (nSPS) is 27.0. The van der Waals surface area contributed by atoms with Crippen molar-refractivity contribution in [3.63, 3.8) is 0 Å². The number of H-pyrrole nitrogens is 1. The number of benzene rings is 1. The van der Waals surface area contributed by atoms with E-state index < -0.39 is 0 Å². The Balaban J connectivity index is 1.50. The molecule has 2 fully saturated rings. The number of aryl methyl sites for hydroxylation is 1. The highest BCUT2D eigenvalue weighted by Gasteiger charge is 2.36. The van der Waals surface area contributed by atoms with Crippen molar-refractivity contribution in [2.24, 2.45) is 5.92 Å². The van der Waals surface area contributed by atoms with Gasteiger partial charge in [0, 0.05) is 35.6 Å². The van der Waals surface area contributed by atoms with Gasteiger partial charge in [-0.3, -0.25) is 4.90 Å². The van der Waals surface area contributed by atoms with Crippen molar-refractivity contribution >= 4 is 10.9 Å². The summed E-state index contributed by atoms with van der Waals surface area (Å²) in [6.45, 7) is 5.97. The number of aliphatic hydroxyl groups is 2. The van der Waals surface area contributed by atoms with Crippen molar-refractivity contribution in [3.05, 3.63) is 35.5 Å². The molecule has 5 nitrogen and oxygen atoms in total. The fourth-order valence-corrected chi connectivity index (χ4v) is 5.05. The van der Waals surface area contributed by atoms with Gasteiger partial charge < -0.3 is 20.5 Å². The molecule has 142 valence electrons. The van der Waals surface area contributed by atoms with E-state index in [1.54, 1.807) is 0 Å². The van der Waals surface area contributed by atoms with Gasteiger partial charge in [0.25, 0.3) is 0 Å². The number of piperidine rings is 2. The van der Waals surface area contributed by atoms with Gasteiger partial charge in [-0.2, -0.15) is 0 Å². The topological polar surface area (TPSA) is 71.5 Å². The Morgan fingerprint density at radius 2 is 2.04 bits per heavy atom. The monoisotopic (exact) mass is 357 g/mol.